The molecule has 0 fully saturated rings. The normalized spacial score (nSPS) is 13.3. The minimum Gasteiger partial charge on any atom is -0.327 e. The zero-order valence-corrected chi connectivity index (χ0v) is 8.04. The van der Waals surface area contributed by atoms with Crippen molar-refractivity contribution in [2.24, 2.45) is 12.8 Å². The maximum atomic E-state index is 5.85. The summed E-state index contributed by atoms with van der Waals surface area (Å²) in [5.41, 5.74) is 8.34. The highest BCUT2D eigenvalue weighted by atomic mass is 15.3. The fraction of sp³-hybridized carbons (Fsp3) is 0.667. The van der Waals surface area contributed by atoms with Crippen molar-refractivity contribution in [3.63, 3.8) is 0 Å². The maximum Gasteiger partial charge on any atom is 0.0525 e. The first-order valence-corrected chi connectivity index (χ1v) is 4.38. The van der Waals surface area contributed by atoms with Crippen LogP contribution in [-0.4, -0.2) is 15.8 Å². The molecule has 0 aliphatic carbocycles. The van der Waals surface area contributed by atoms with Gasteiger partial charge in [-0.2, -0.15) is 5.10 Å². The molecule has 1 aromatic heterocycles. The van der Waals surface area contributed by atoms with Gasteiger partial charge in [0.1, 0.15) is 0 Å². The van der Waals surface area contributed by atoms with Gasteiger partial charge in [-0.25, -0.2) is 0 Å². The summed E-state index contributed by atoms with van der Waals surface area (Å²) >= 11 is 0. The van der Waals surface area contributed by atoms with Gasteiger partial charge in [-0.1, -0.05) is 6.92 Å². The van der Waals surface area contributed by atoms with E-state index in [1.165, 1.54) is 11.3 Å². The molecule has 0 spiro atoms. The molecule has 0 aromatic carbocycles. The van der Waals surface area contributed by atoms with Crippen molar-refractivity contribution in [2.45, 2.75) is 32.7 Å². The Labute approximate surface area is 73.6 Å². The number of hydrogen-bond acceptors (Lipinski definition) is 2. The SMILES string of the molecule is CCC(N)Cc1cnn(C)c1C. The van der Waals surface area contributed by atoms with Crippen molar-refractivity contribution >= 4 is 0 Å². The summed E-state index contributed by atoms with van der Waals surface area (Å²) < 4.78 is 1.89. The van der Waals surface area contributed by atoms with Crippen LogP contribution in [0.5, 0.6) is 0 Å². The predicted octanol–water partition coefficient (Wildman–Crippen LogP) is 1.01. The molecule has 68 valence electrons. The van der Waals surface area contributed by atoms with Crippen LogP contribution in [-0.2, 0) is 13.5 Å². The van der Waals surface area contributed by atoms with E-state index in [0.29, 0.717) is 0 Å². The van der Waals surface area contributed by atoms with Gasteiger partial charge in [0.15, 0.2) is 0 Å². The maximum absolute atomic E-state index is 5.85. The smallest absolute Gasteiger partial charge is 0.0525 e. The number of hydrogen-bond donors (Lipinski definition) is 1. The first-order chi connectivity index (χ1) is 5.65. The Balaban J connectivity index is 2.69. The van der Waals surface area contributed by atoms with E-state index in [0.717, 1.165) is 12.8 Å². The molecule has 3 heteroatoms. The fourth-order valence-corrected chi connectivity index (χ4v) is 1.17. The van der Waals surface area contributed by atoms with Crippen LogP contribution in [0, 0.1) is 6.92 Å². The first kappa shape index (κ1) is 9.26. The summed E-state index contributed by atoms with van der Waals surface area (Å²) in [6.45, 7) is 4.18. The van der Waals surface area contributed by atoms with Crippen LogP contribution in [0.3, 0.4) is 0 Å². The van der Waals surface area contributed by atoms with Gasteiger partial charge < -0.3 is 5.73 Å². The Hall–Kier alpha value is -0.830. The molecule has 0 amide bonds. The molecule has 0 saturated carbocycles. The summed E-state index contributed by atoms with van der Waals surface area (Å²) in [6.07, 6.45) is 3.87. The number of aryl methyl sites for hydroxylation is 1. The standard InChI is InChI=1S/C9H17N3/c1-4-9(10)5-8-6-11-12(3)7(8)2/h6,9H,4-5,10H2,1-3H3. The third kappa shape index (κ3) is 1.85. The van der Waals surface area contributed by atoms with E-state index in [-0.39, 0.29) is 6.04 Å². The summed E-state index contributed by atoms with van der Waals surface area (Å²) in [7, 11) is 1.95. The molecule has 1 rings (SSSR count). The molecule has 3 nitrogen and oxygen atoms in total. The highest BCUT2D eigenvalue weighted by molar-refractivity contribution is 5.16. The molecule has 1 atom stereocenters. The zero-order valence-electron chi connectivity index (χ0n) is 8.04. The van der Waals surface area contributed by atoms with E-state index >= 15 is 0 Å². The average Bonchev–Trinajstić information content (AvgIpc) is 2.36. The number of nitrogens with two attached hydrogens (primary N) is 1. The molecule has 0 bridgehead atoms. The Morgan fingerprint density at radius 3 is 2.75 bits per heavy atom. The summed E-state index contributed by atoms with van der Waals surface area (Å²) in [5.74, 6) is 0. The van der Waals surface area contributed by atoms with Crippen molar-refractivity contribution in [3.05, 3.63) is 17.5 Å². The van der Waals surface area contributed by atoms with Crippen molar-refractivity contribution in [2.75, 3.05) is 0 Å². The van der Waals surface area contributed by atoms with Crippen LogP contribution in [0.2, 0.25) is 0 Å². The van der Waals surface area contributed by atoms with Crippen LogP contribution in [0.4, 0.5) is 0 Å². The lowest BCUT2D eigenvalue weighted by molar-refractivity contribution is 0.642. The third-order valence-corrected chi connectivity index (χ3v) is 2.34. The summed E-state index contributed by atoms with van der Waals surface area (Å²) in [4.78, 5) is 0. The van der Waals surface area contributed by atoms with Crippen LogP contribution in [0.1, 0.15) is 24.6 Å². The van der Waals surface area contributed by atoms with Gasteiger partial charge in [-0.15, -0.1) is 0 Å². The average molecular weight is 167 g/mol. The van der Waals surface area contributed by atoms with Crippen LogP contribution < -0.4 is 5.73 Å². The number of rotatable bonds is 3. The monoisotopic (exact) mass is 167 g/mol. The lowest BCUT2D eigenvalue weighted by Crippen LogP contribution is -2.21. The summed E-state index contributed by atoms with van der Waals surface area (Å²) in [6, 6.07) is 0.271. The molecule has 1 heterocycles. The van der Waals surface area contributed by atoms with Crippen LogP contribution in [0.15, 0.2) is 6.20 Å². The second-order valence-electron chi connectivity index (χ2n) is 3.25. The van der Waals surface area contributed by atoms with Gasteiger partial charge in [-0.05, 0) is 25.3 Å². The second kappa shape index (κ2) is 3.72. The van der Waals surface area contributed by atoms with Gasteiger partial charge in [0.25, 0.3) is 0 Å². The fourth-order valence-electron chi connectivity index (χ4n) is 1.17. The van der Waals surface area contributed by atoms with Gasteiger partial charge >= 0.3 is 0 Å². The molecule has 12 heavy (non-hydrogen) atoms. The van der Waals surface area contributed by atoms with Gasteiger partial charge in [0, 0.05) is 18.8 Å². The Kier molecular flexibility index (Phi) is 2.87. The Morgan fingerprint density at radius 2 is 2.33 bits per heavy atom. The van der Waals surface area contributed by atoms with E-state index in [2.05, 4.69) is 18.9 Å². The third-order valence-electron chi connectivity index (χ3n) is 2.34. The van der Waals surface area contributed by atoms with E-state index < -0.39 is 0 Å². The highest BCUT2D eigenvalue weighted by Gasteiger charge is 2.06. The number of nitrogens with zero attached hydrogens (tertiary/aromatic N) is 2. The zero-order chi connectivity index (χ0) is 9.14. The molecule has 0 aliphatic rings. The number of aromatic nitrogens is 2. The van der Waals surface area contributed by atoms with Crippen molar-refractivity contribution in [3.8, 4) is 0 Å². The Morgan fingerprint density at radius 1 is 1.67 bits per heavy atom. The second-order valence-corrected chi connectivity index (χ2v) is 3.25. The molecule has 0 saturated heterocycles. The van der Waals surface area contributed by atoms with Crippen LogP contribution >= 0.6 is 0 Å². The van der Waals surface area contributed by atoms with Crippen LogP contribution in [0.25, 0.3) is 0 Å². The minimum atomic E-state index is 0.271. The molecule has 1 aromatic rings. The Bertz CT molecular complexity index is 252. The molecule has 0 radical (unpaired) electrons. The topological polar surface area (TPSA) is 43.8 Å². The highest BCUT2D eigenvalue weighted by Crippen LogP contribution is 2.08. The summed E-state index contributed by atoms with van der Waals surface area (Å²) in [5, 5.41) is 4.16. The molecule has 0 aliphatic heterocycles. The van der Waals surface area contributed by atoms with Crippen molar-refractivity contribution in [1.29, 1.82) is 0 Å². The lowest BCUT2D eigenvalue weighted by Gasteiger charge is -2.07. The minimum absolute atomic E-state index is 0.271. The first-order valence-electron chi connectivity index (χ1n) is 4.38. The van der Waals surface area contributed by atoms with Crippen molar-refractivity contribution < 1.29 is 0 Å². The predicted molar refractivity (Wildman–Crippen MR) is 49.9 cm³/mol. The molecule has 1 unspecified atom stereocenters. The largest absolute Gasteiger partial charge is 0.327 e. The van der Waals surface area contributed by atoms with Gasteiger partial charge in [0.2, 0.25) is 0 Å². The van der Waals surface area contributed by atoms with E-state index in [4.69, 9.17) is 5.73 Å². The van der Waals surface area contributed by atoms with Gasteiger partial charge in [0.05, 0.1) is 6.20 Å². The van der Waals surface area contributed by atoms with E-state index in [1.54, 1.807) is 0 Å². The van der Waals surface area contributed by atoms with Gasteiger partial charge in [-0.3, -0.25) is 4.68 Å². The quantitative estimate of drug-likeness (QED) is 0.730. The van der Waals surface area contributed by atoms with E-state index in [1.807, 2.05) is 17.9 Å². The molecule has 2 N–H and O–H groups in total. The molecular formula is C9H17N3. The van der Waals surface area contributed by atoms with E-state index in [9.17, 15) is 0 Å². The molecular weight excluding hydrogens is 150 g/mol. The van der Waals surface area contributed by atoms with Crippen molar-refractivity contribution in [1.82, 2.24) is 9.78 Å². The lowest BCUT2D eigenvalue weighted by atomic mass is 10.1.